The van der Waals surface area contributed by atoms with Crippen molar-refractivity contribution in [1.29, 1.82) is 0 Å². The quantitative estimate of drug-likeness (QED) is 0.213. The van der Waals surface area contributed by atoms with Crippen LogP contribution in [0, 0.1) is 44.6 Å². The van der Waals surface area contributed by atoms with Crippen molar-refractivity contribution in [3.8, 4) is 0 Å². The number of para-hydroxylation sites is 1. The number of cyclic esters (lactones) is 1. The van der Waals surface area contributed by atoms with E-state index in [0.717, 1.165) is 37.7 Å². The summed E-state index contributed by atoms with van der Waals surface area (Å²) in [6, 6.07) is 6.08. The third-order valence-corrected chi connectivity index (χ3v) is 13.3. The third kappa shape index (κ3) is 5.69. The number of carbonyl (C=O) groups excluding carboxylic acids is 3. The lowest BCUT2D eigenvalue weighted by Gasteiger charge is -2.65. The molecule has 1 N–H and O–H groups in total. The summed E-state index contributed by atoms with van der Waals surface area (Å²) in [7, 11) is 0. The largest absolute Gasteiger partial charge is 0.508 e. The molecule has 0 aromatic heterocycles. The van der Waals surface area contributed by atoms with Gasteiger partial charge in [-0.25, -0.2) is 9.59 Å². The van der Waals surface area contributed by atoms with Gasteiger partial charge in [-0.3, -0.25) is 14.9 Å². The molecule has 12 nitrogen and oxygen atoms in total. The Balaban J connectivity index is 1.14. The second-order valence-corrected chi connectivity index (χ2v) is 15.3. The zero-order valence-electron chi connectivity index (χ0n) is 28.2. The predicted molar refractivity (Wildman–Crippen MR) is 173 cm³/mol. The summed E-state index contributed by atoms with van der Waals surface area (Å²) in [6.07, 6.45) is 7.72. The van der Waals surface area contributed by atoms with E-state index >= 15 is 0 Å². The van der Waals surface area contributed by atoms with Crippen molar-refractivity contribution in [1.82, 2.24) is 0 Å². The average molecular weight is 680 g/mol. The number of rotatable bonds is 7. The third-order valence-electron chi connectivity index (χ3n) is 13.3. The van der Waals surface area contributed by atoms with Gasteiger partial charge in [-0.15, -0.1) is 0 Å². The lowest BCUT2D eigenvalue weighted by molar-refractivity contribution is -0.385. The Morgan fingerprint density at radius 2 is 1.88 bits per heavy atom. The van der Waals surface area contributed by atoms with Gasteiger partial charge in [-0.1, -0.05) is 26.0 Å². The number of nitrogens with zero attached hydrogens (tertiary/aromatic N) is 1. The van der Waals surface area contributed by atoms with E-state index in [1.807, 2.05) is 6.92 Å². The van der Waals surface area contributed by atoms with E-state index < -0.39 is 46.6 Å². The molecule has 7 rings (SSSR count). The van der Waals surface area contributed by atoms with Crippen molar-refractivity contribution in [2.24, 2.45) is 34.5 Å². The minimum absolute atomic E-state index is 0.0339. The molecule has 4 fully saturated rings. The fraction of sp³-hybridized carbons (Fsp3) is 0.649. The van der Waals surface area contributed by atoms with Crippen LogP contribution in [-0.2, 0) is 39.9 Å². The minimum atomic E-state index is -1.18. The van der Waals surface area contributed by atoms with Crippen molar-refractivity contribution < 1.29 is 48.1 Å². The van der Waals surface area contributed by atoms with Crippen LogP contribution < -0.4 is 0 Å². The van der Waals surface area contributed by atoms with Gasteiger partial charge in [0.25, 0.3) is 5.69 Å². The van der Waals surface area contributed by atoms with Crippen LogP contribution in [0.1, 0.15) is 77.7 Å². The highest BCUT2D eigenvalue weighted by molar-refractivity contribution is 5.93. The molecule has 11 atom stereocenters. The minimum Gasteiger partial charge on any atom is -0.458 e. The van der Waals surface area contributed by atoms with Crippen molar-refractivity contribution in [3.05, 3.63) is 63.7 Å². The number of nitro benzene ring substituents is 1. The lowest BCUT2D eigenvalue weighted by atomic mass is 9.42. The van der Waals surface area contributed by atoms with Crippen molar-refractivity contribution >= 4 is 23.6 Å². The van der Waals surface area contributed by atoms with Crippen LogP contribution in [0.4, 0.5) is 10.5 Å². The first-order chi connectivity index (χ1) is 23.3. The Labute approximate surface area is 285 Å². The van der Waals surface area contributed by atoms with Gasteiger partial charge in [0.05, 0.1) is 22.2 Å². The fourth-order valence-electron chi connectivity index (χ4n) is 10.6. The summed E-state index contributed by atoms with van der Waals surface area (Å²) in [5.74, 6) is -0.429. The Morgan fingerprint density at radius 3 is 2.61 bits per heavy atom. The molecule has 2 aliphatic heterocycles. The average Bonchev–Trinajstić information content (AvgIpc) is 3.62. The highest BCUT2D eigenvalue weighted by atomic mass is 16.7. The number of hydrogen-bond acceptors (Lipinski definition) is 11. The summed E-state index contributed by atoms with van der Waals surface area (Å²) in [5, 5.41) is 24.5. The van der Waals surface area contributed by atoms with Gasteiger partial charge in [0.1, 0.15) is 25.4 Å². The second-order valence-electron chi connectivity index (χ2n) is 15.3. The van der Waals surface area contributed by atoms with Crippen molar-refractivity contribution in [2.75, 3.05) is 6.61 Å². The van der Waals surface area contributed by atoms with E-state index in [2.05, 4.69) is 6.92 Å². The molecule has 12 heteroatoms. The first kappa shape index (κ1) is 33.9. The number of ketones is 1. The number of carbonyl (C=O) groups is 3. The number of nitro groups is 1. The van der Waals surface area contributed by atoms with Gasteiger partial charge in [0.2, 0.25) is 0 Å². The molecule has 4 aliphatic carbocycles. The normalized spacial score (nSPS) is 41.2. The smallest absolute Gasteiger partial charge is 0.458 e. The molecule has 0 unspecified atom stereocenters. The molecule has 0 amide bonds. The maximum atomic E-state index is 13.4. The molecule has 264 valence electrons. The van der Waals surface area contributed by atoms with Crippen LogP contribution in [0.15, 0.2) is 48.1 Å². The molecular weight excluding hydrogens is 634 g/mol. The number of aliphatic hydroxyl groups is 1. The first-order valence-corrected chi connectivity index (χ1v) is 17.5. The Hall–Kier alpha value is -3.61. The Morgan fingerprint density at radius 1 is 1.08 bits per heavy atom. The molecule has 6 aliphatic rings. The molecule has 0 saturated heterocycles. The van der Waals surface area contributed by atoms with Gasteiger partial charge in [-0.05, 0) is 111 Å². The van der Waals surface area contributed by atoms with Crippen LogP contribution in [0.3, 0.4) is 0 Å². The molecule has 1 aromatic rings. The molecule has 0 radical (unpaired) electrons. The maximum absolute atomic E-state index is 13.4. The number of ether oxygens (including phenoxy) is 5. The van der Waals surface area contributed by atoms with Crippen LogP contribution in [0.5, 0.6) is 0 Å². The van der Waals surface area contributed by atoms with Gasteiger partial charge in [-0.2, -0.15) is 0 Å². The molecule has 4 saturated carbocycles. The Kier molecular flexibility index (Phi) is 8.72. The van der Waals surface area contributed by atoms with Gasteiger partial charge in [0.15, 0.2) is 12.1 Å². The van der Waals surface area contributed by atoms with Crippen LogP contribution in [-0.4, -0.2) is 64.7 Å². The van der Waals surface area contributed by atoms with Crippen molar-refractivity contribution in [2.45, 2.75) is 109 Å². The summed E-state index contributed by atoms with van der Waals surface area (Å²) in [5.41, 5.74) is -1.36. The molecule has 49 heavy (non-hydrogen) atoms. The zero-order valence-corrected chi connectivity index (χ0v) is 28.2. The van der Waals surface area contributed by atoms with E-state index in [9.17, 15) is 29.6 Å². The molecule has 0 spiro atoms. The summed E-state index contributed by atoms with van der Waals surface area (Å²) in [6.45, 7) is 5.82. The van der Waals surface area contributed by atoms with Crippen LogP contribution in [0.2, 0.25) is 0 Å². The van der Waals surface area contributed by atoms with Gasteiger partial charge in [0, 0.05) is 17.6 Å². The second kappa shape index (κ2) is 12.6. The highest BCUT2D eigenvalue weighted by Gasteiger charge is 2.72. The summed E-state index contributed by atoms with van der Waals surface area (Å²) >= 11 is 0. The van der Waals surface area contributed by atoms with Gasteiger partial charge < -0.3 is 28.8 Å². The van der Waals surface area contributed by atoms with Gasteiger partial charge >= 0.3 is 12.1 Å². The predicted octanol–water partition coefficient (Wildman–Crippen LogP) is 5.74. The van der Waals surface area contributed by atoms with E-state index in [1.54, 1.807) is 25.1 Å². The molecule has 2 heterocycles. The monoisotopic (exact) mass is 679 g/mol. The van der Waals surface area contributed by atoms with Crippen LogP contribution >= 0.6 is 0 Å². The highest BCUT2D eigenvalue weighted by Crippen LogP contribution is 2.70. The van der Waals surface area contributed by atoms with E-state index in [1.165, 1.54) is 24.3 Å². The van der Waals surface area contributed by atoms with Crippen LogP contribution in [0.25, 0.3) is 0 Å². The van der Waals surface area contributed by atoms with E-state index in [-0.39, 0.29) is 59.5 Å². The maximum Gasteiger partial charge on any atom is 0.508 e. The summed E-state index contributed by atoms with van der Waals surface area (Å²) < 4.78 is 29.1. The number of esters is 1. The topological polar surface area (TPSA) is 161 Å². The Bertz CT molecular complexity index is 1590. The van der Waals surface area contributed by atoms with E-state index in [0.29, 0.717) is 25.2 Å². The number of benzene rings is 1. The standard InChI is InChI=1S/C37H45NO11/c1-21-30(39)10-11-33(47-21)48-25-12-14-35(2)24(17-25)8-9-27-28(35)18-31(49-34(41)46-19-22-6-4-5-7-29(22)38(43)44)36(3)26(13-15-37(27,36)42)23-16-32(40)45-20-23/h4-7,10-11,16,21,24-28,31,33,42H,8-9,12-15,17-20H2,1-3H3/t21-,24+,25-,26+,27+,28-,31+,33-,35-,36-,37-/m0/s1. The number of fused-ring (bicyclic) bond motifs is 5. The number of hydrogen-bond donors (Lipinski definition) is 1. The summed E-state index contributed by atoms with van der Waals surface area (Å²) in [4.78, 5) is 48.5. The first-order valence-electron chi connectivity index (χ1n) is 17.5. The zero-order chi connectivity index (χ0) is 34.7. The van der Waals surface area contributed by atoms with Crippen molar-refractivity contribution in [3.63, 3.8) is 0 Å². The molecule has 0 bridgehead atoms. The van der Waals surface area contributed by atoms with E-state index in [4.69, 9.17) is 23.7 Å². The lowest BCUT2D eigenvalue weighted by Crippen LogP contribution is -2.67. The molecular formula is C37H45NO11. The SMILES string of the molecule is C[C@@H]1O[C@@H](O[C@H]2CC[C@@]3(C)[C@H](CC[C@@H]4[C@@H]3C[C@@H](OC(=O)OCc3ccccc3[N+](=O)[O-])[C@]3(C)[C@@H](C5=CC(=O)OC5)CC[C@]43O)C2)C=CC1=O. The fourth-order valence-corrected chi connectivity index (χ4v) is 10.6. The molecule has 1 aromatic carbocycles.